The van der Waals surface area contributed by atoms with Gasteiger partial charge in [-0.15, -0.1) is 0 Å². The van der Waals surface area contributed by atoms with E-state index in [1.807, 2.05) is 0 Å². The number of nitrogens with zero attached hydrogens (tertiary/aromatic N) is 2. The number of nitro groups is 1. The van der Waals surface area contributed by atoms with Crippen LogP contribution in [0.5, 0.6) is 5.75 Å². The summed E-state index contributed by atoms with van der Waals surface area (Å²) in [5.74, 6) is -0.523. The molecular formula is C19H21N3O6S. The number of ether oxygens (including phenoxy) is 1. The van der Waals surface area contributed by atoms with E-state index >= 15 is 0 Å². The topological polar surface area (TPSA) is 119 Å². The number of amides is 1. The molecule has 1 atom stereocenters. The number of anilines is 1. The quantitative estimate of drug-likeness (QED) is 0.544. The molecule has 2 aromatic carbocycles. The lowest BCUT2D eigenvalue weighted by molar-refractivity contribution is -0.386. The second-order valence-corrected chi connectivity index (χ2v) is 8.55. The Morgan fingerprint density at radius 1 is 1.14 bits per heavy atom. The summed E-state index contributed by atoms with van der Waals surface area (Å²) in [6.07, 6.45) is 0.708. The molecule has 2 aromatic rings. The molecule has 0 spiro atoms. The molecule has 0 aliphatic carbocycles. The van der Waals surface area contributed by atoms with Crippen LogP contribution >= 0.6 is 0 Å². The van der Waals surface area contributed by atoms with Crippen molar-refractivity contribution in [3.05, 3.63) is 58.6 Å². The first kappa shape index (κ1) is 20.7. The Labute approximate surface area is 168 Å². The Morgan fingerprint density at radius 2 is 1.76 bits per heavy atom. The van der Waals surface area contributed by atoms with Gasteiger partial charge in [0, 0.05) is 24.8 Å². The molecule has 10 heteroatoms. The van der Waals surface area contributed by atoms with Crippen LogP contribution in [0.1, 0.15) is 19.8 Å². The standard InChI is InChI=1S/C19H21N3O6S/c1-14(28-18-7-3-2-6-17(18)22(24)25)19(23)20-15-8-10-16(11-9-15)29(26,27)21-12-4-5-13-21/h2-3,6-11,14H,4-5,12-13H2,1H3,(H,20,23). The van der Waals surface area contributed by atoms with Gasteiger partial charge in [-0.3, -0.25) is 14.9 Å². The second-order valence-electron chi connectivity index (χ2n) is 6.61. The maximum absolute atomic E-state index is 12.5. The fourth-order valence-electron chi connectivity index (χ4n) is 2.98. The normalized spacial score (nSPS) is 15.6. The average Bonchev–Trinajstić information content (AvgIpc) is 3.24. The van der Waals surface area contributed by atoms with Crippen LogP contribution < -0.4 is 10.1 Å². The van der Waals surface area contributed by atoms with E-state index in [0.717, 1.165) is 12.8 Å². The van der Waals surface area contributed by atoms with Crippen LogP contribution in [0.4, 0.5) is 11.4 Å². The highest BCUT2D eigenvalue weighted by Crippen LogP contribution is 2.27. The molecule has 1 N–H and O–H groups in total. The molecule has 1 fully saturated rings. The minimum Gasteiger partial charge on any atom is -0.474 e. The van der Waals surface area contributed by atoms with Gasteiger partial charge in [-0.05, 0) is 50.1 Å². The van der Waals surface area contributed by atoms with Gasteiger partial charge in [-0.2, -0.15) is 4.31 Å². The molecule has 1 unspecified atom stereocenters. The number of hydrogen-bond acceptors (Lipinski definition) is 6. The van der Waals surface area contributed by atoms with Crippen molar-refractivity contribution in [2.45, 2.75) is 30.8 Å². The molecule has 1 aliphatic heterocycles. The fraction of sp³-hybridized carbons (Fsp3) is 0.316. The SMILES string of the molecule is CC(Oc1ccccc1[N+](=O)[O-])C(=O)Nc1ccc(S(=O)(=O)N2CCCC2)cc1. The van der Waals surface area contributed by atoms with E-state index in [2.05, 4.69) is 5.32 Å². The van der Waals surface area contributed by atoms with Gasteiger partial charge in [0.15, 0.2) is 11.9 Å². The van der Waals surface area contributed by atoms with Crippen molar-refractivity contribution in [1.29, 1.82) is 0 Å². The molecular weight excluding hydrogens is 398 g/mol. The first-order chi connectivity index (χ1) is 13.8. The lowest BCUT2D eigenvalue weighted by Crippen LogP contribution is -2.30. The van der Waals surface area contributed by atoms with Crippen LogP contribution in [-0.2, 0) is 14.8 Å². The first-order valence-corrected chi connectivity index (χ1v) is 10.5. The summed E-state index contributed by atoms with van der Waals surface area (Å²) in [6.45, 7) is 2.50. The predicted octanol–water partition coefficient (Wildman–Crippen LogP) is 2.79. The van der Waals surface area contributed by atoms with Crippen molar-refractivity contribution in [2.24, 2.45) is 0 Å². The number of hydrogen-bond donors (Lipinski definition) is 1. The van der Waals surface area contributed by atoms with Gasteiger partial charge in [0.2, 0.25) is 10.0 Å². The largest absolute Gasteiger partial charge is 0.474 e. The lowest BCUT2D eigenvalue weighted by atomic mass is 10.2. The van der Waals surface area contributed by atoms with Crippen molar-refractivity contribution >= 4 is 27.3 Å². The molecule has 0 bridgehead atoms. The zero-order valence-corrected chi connectivity index (χ0v) is 16.6. The lowest BCUT2D eigenvalue weighted by Gasteiger charge is -2.16. The van der Waals surface area contributed by atoms with E-state index in [9.17, 15) is 23.3 Å². The molecule has 1 amide bonds. The summed E-state index contributed by atoms with van der Waals surface area (Å²) in [5, 5.41) is 13.7. The van der Waals surface area contributed by atoms with E-state index < -0.39 is 27.0 Å². The third-order valence-corrected chi connectivity index (χ3v) is 6.47. The number of nitro benzene ring substituents is 1. The zero-order chi connectivity index (χ0) is 21.0. The Morgan fingerprint density at radius 3 is 2.38 bits per heavy atom. The third-order valence-electron chi connectivity index (χ3n) is 4.56. The maximum atomic E-state index is 12.5. The molecule has 0 radical (unpaired) electrons. The van der Waals surface area contributed by atoms with Crippen LogP contribution in [0.15, 0.2) is 53.4 Å². The van der Waals surface area contributed by atoms with E-state index in [0.29, 0.717) is 18.8 Å². The van der Waals surface area contributed by atoms with Crippen molar-refractivity contribution < 1.29 is 22.9 Å². The Kier molecular flexibility index (Phi) is 6.14. The van der Waals surface area contributed by atoms with Gasteiger partial charge >= 0.3 is 5.69 Å². The molecule has 0 aromatic heterocycles. The van der Waals surface area contributed by atoms with Crippen LogP contribution in [0.25, 0.3) is 0 Å². The van der Waals surface area contributed by atoms with Crippen molar-refractivity contribution in [3.63, 3.8) is 0 Å². The average molecular weight is 419 g/mol. The highest BCUT2D eigenvalue weighted by Gasteiger charge is 2.27. The summed E-state index contributed by atoms with van der Waals surface area (Å²) < 4.78 is 31.9. The Hall–Kier alpha value is -2.98. The van der Waals surface area contributed by atoms with Crippen molar-refractivity contribution in [3.8, 4) is 5.75 Å². The summed E-state index contributed by atoms with van der Waals surface area (Å²) in [6, 6.07) is 11.7. The highest BCUT2D eigenvalue weighted by atomic mass is 32.2. The molecule has 0 saturated carbocycles. The molecule has 1 heterocycles. The van der Waals surface area contributed by atoms with Crippen LogP contribution in [0, 0.1) is 10.1 Å². The van der Waals surface area contributed by atoms with Gasteiger partial charge in [-0.25, -0.2) is 8.42 Å². The van der Waals surface area contributed by atoms with Crippen LogP contribution in [-0.4, -0.2) is 42.7 Å². The number of carbonyl (C=O) groups is 1. The molecule has 3 rings (SSSR count). The predicted molar refractivity (Wildman–Crippen MR) is 106 cm³/mol. The van der Waals surface area contributed by atoms with Gasteiger partial charge in [0.05, 0.1) is 9.82 Å². The second kappa shape index (κ2) is 8.58. The molecule has 1 aliphatic rings. The fourth-order valence-corrected chi connectivity index (χ4v) is 4.50. The van der Waals surface area contributed by atoms with Crippen molar-refractivity contribution in [1.82, 2.24) is 4.31 Å². The van der Waals surface area contributed by atoms with E-state index in [4.69, 9.17) is 4.74 Å². The minimum absolute atomic E-state index is 0.00722. The Balaban J connectivity index is 1.65. The number of benzene rings is 2. The number of sulfonamides is 1. The first-order valence-electron chi connectivity index (χ1n) is 9.10. The van der Waals surface area contributed by atoms with Crippen molar-refractivity contribution in [2.75, 3.05) is 18.4 Å². The zero-order valence-electron chi connectivity index (χ0n) is 15.8. The van der Waals surface area contributed by atoms with E-state index in [-0.39, 0.29) is 16.3 Å². The maximum Gasteiger partial charge on any atom is 0.310 e. The van der Waals surface area contributed by atoms with Gasteiger partial charge < -0.3 is 10.1 Å². The summed E-state index contributed by atoms with van der Waals surface area (Å²) in [4.78, 5) is 23.0. The monoisotopic (exact) mass is 419 g/mol. The smallest absolute Gasteiger partial charge is 0.310 e. The third kappa shape index (κ3) is 4.72. The summed E-state index contributed by atoms with van der Waals surface area (Å²) in [5.41, 5.74) is 0.164. The number of carbonyl (C=O) groups excluding carboxylic acids is 1. The van der Waals surface area contributed by atoms with E-state index in [1.54, 1.807) is 6.07 Å². The summed E-state index contributed by atoms with van der Waals surface area (Å²) in [7, 11) is -3.52. The Bertz CT molecular complexity index is 1000. The number of rotatable bonds is 7. The van der Waals surface area contributed by atoms with Crippen LogP contribution in [0.2, 0.25) is 0 Å². The molecule has 9 nitrogen and oxygen atoms in total. The van der Waals surface area contributed by atoms with E-state index in [1.165, 1.54) is 53.7 Å². The van der Waals surface area contributed by atoms with Gasteiger partial charge in [-0.1, -0.05) is 12.1 Å². The minimum atomic E-state index is -3.52. The molecule has 29 heavy (non-hydrogen) atoms. The van der Waals surface area contributed by atoms with Gasteiger partial charge in [0.25, 0.3) is 5.91 Å². The summed E-state index contributed by atoms with van der Waals surface area (Å²) >= 11 is 0. The highest BCUT2D eigenvalue weighted by molar-refractivity contribution is 7.89. The van der Waals surface area contributed by atoms with Crippen LogP contribution in [0.3, 0.4) is 0 Å². The molecule has 1 saturated heterocycles. The number of para-hydroxylation sites is 2. The van der Waals surface area contributed by atoms with Gasteiger partial charge in [0.1, 0.15) is 0 Å². The number of nitrogens with one attached hydrogen (secondary N) is 1. The molecule has 154 valence electrons.